The average molecular weight is 332 g/mol. The van der Waals surface area contributed by atoms with Gasteiger partial charge in [-0.15, -0.1) is 0 Å². The Hall–Kier alpha value is -1.60. The van der Waals surface area contributed by atoms with Gasteiger partial charge < -0.3 is 4.90 Å². The van der Waals surface area contributed by atoms with E-state index in [9.17, 15) is 0 Å². The van der Waals surface area contributed by atoms with Crippen LogP contribution in [0.25, 0.3) is 11.1 Å². The molecule has 2 aromatic rings. The van der Waals surface area contributed by atoms with E-state index in [1.165, 1.54) is 54.5 Å². The van der Waals surface area contributed by atoms with Crippen LogP contribution in [-0.2, 0) is 10.8 Å². The fourth-order valence-electron chi connectivity index (χ4n) is 5.87. The summed E-state index contributed by atoms with van der Waals surface area (Å²) in [5.74, 6) is 0. The van der Waals surface area contributed by atoms with E-state index >= 15 is 0 Å². The second kappa shape index (κ2) is 4.76. The molecule has 1 nitrogen and oxygen atoms in total. The Balaban J connectivity index is 1.63. The summed E-state index contributed by atoms with van der Waals surface area (Å²) in [6.07, 6.45) is 5.37. The molecule has 130 valence electrons. The number of likely N-dealkylation sites (N-methyl/N-ethyl adjacent to an activating group) is 1. The average Bonchev–Trinajstić information content (AvgIpc) is 2.85. The fourth-order valence-corrected chi connectivity index (χ4v) is 5.87. The minimum Gasteiger partial charge on any atom is -0.300 e. The number of nitrogens with zero attached hydrogens (tertiary/aromatic N) is 1. The molecule has 0 N–H and O–H groups in total. The van der Waals surface area contributed by atoms with Crippen molar-refractivity contribution in [1.29, 1.82) is 0 Å². The van der Waals surface area contributed by atoms with Gasteiger partial charge in [-0.05, 0) is 67.5 Å². The molecular formula is C24H29N. The SMILES string of the molecule is CN1CC2(c3ccc4c(c3)C(C)(C)c3ccccc3-4)CCC1(C)CC2. The molecule has 2 aliphatic carbocycles. The third kappa shape index (κ3) is 1.94. The van der Waals surface area contributed by atoms with Gasteiger partial charge in [0.15, 0.2) is 0 Å². The summed E-state index contributed by atoms with van der Waals surface area (Å²) >= 11 is 0. The smallest absolute Gasteiger partial charge is 0.0179 e. The van der Waals surface area contributed by atoms with Crippen LogP contribution < -0.4 is 0 Å². The molecule has 1 saturated carbocycles. The zero-order chi connectivity index (χ0) is 17.4. The van der Waals surface area contributed by atoms with Crippen molar-refractivity contribution in [3.05, 3.63) is 59.2 Å². The number of hydrogen-bond donors (Lipinski definition) is 0. The molecule has 0 aromatic heterocycles. The molecule has 2 heterocycles. The van der Waals surface area contributed by atoms with Gasteiger partial charge in [-0.3, -0.25) is 0 Å². The van der Waals surface area contributed by atoms with Gasteiger partial charge in [0.1, 0.15) is 0 Å². The van der Waals surface area contributed by atoms with Gasteiger partial charge >= 0.3 is 0 Å². The van der Waals surface area contributed by atoms with Crippen LogP contribution in [0.3, 0.4) is 0 Å². The van der Waals surface area contributed by atoms with Crippen molar-refractivity contribution in [3.8, 4) is 11.1 Å². The Kier molecular flexibility index (Phi) is 2.98. The minimum absolute atomic E-state index is 0.113. The molecule has 2 aliphatic heterocycles. The van der Waals surface area contributed by atoms with Crippen molar-refractivity contribution >= 4 is 0 Å². The lowest BCUT2D eigenvalue weighted by atomic mass is 9.59. The highest BCUT2D eigenvalue weighted by molar-refractivity contribution is 5.81. The largest absolute Gasteiger partial charge is 0.300 e. The maximum atomic E-state index is 2.63. The molecule has 2 bridgehead atoms. The van der Waals surface area contributed by atoms with Gasteiger partial charge in [-0.2, -0.15) is 0 Å². The molecule has 25 heavy (non-hydrogen) atoms. The minimum atomic E-state index is 0.113. The van der Waals surface area contributed by atoms with Gasteiger partial charge in [-0.1, -0.05) is 56.3 Å². The summed E-state index contributed by atoms with van der Waals surface area (Å²) in [5.41, 5.74) is 8.40. The summed E-state index contributed by atoms with van der Waals surface area (Å²) in [4.78, 5) is 2.63. The van der Waals surface area contributed by atoms with Crippen molar-refractivity contribution in [3.63, 3.8) is 0 Å². The highest BCUT2D eigenvalue weighted by Gasteiger charge is 2.50. The van der Waals surface area contributed by atoms with E-state index in [4.69, 9.17) is 0 Å². The lowest BCUT2D eigenvalue weighted by Crippen LogP contribution is -2.61. The van der Waals surface area contributed by atoms with Crippen LogP contribution >= 0.6 is 0 Å². The molecule has 2 aromatic carbocycles. The highest BCUT2D eigenvalue weighted by Crippen LogP contribution is 2.54. The van der Waals surface area contributed by atoms with Crippen LogP contribution in [0, 0.1) is 0 Å². The zero-order valence-corrected chi connectivity index (χ0v) is 16.0. The third-order valence-electron chi connectivity index (χ3n) is 7.94. The lowest BCUT2D eigenvalue weighted by Gasteiger charge is -2.58. The topological polar surface area (TPSA) is 3.24 Å². The molecule has 6 rings (SSSR count). The molecule has 0 unspecified atom stereocenters. The number of rotatable bonds is 1. The fraction of sp³-hybridized carbons (Fsp3) is 0.500. The van der Waals surface area contributed by atoms with Gasteiger partial charge in [0.25, 0.3) is 0 Å². The van der Waals surface area contributed by atoms with Crippen molar-refractivity contribution in [1.82, 2.24) is 4.90 Å². The van der Waals surface area contributed by atoms with Crippen molar-refractivity contribution in [2.45, 2.75) is 62.8 Å². The summed E-state index contributed by atoms with van der Waals surface area (Å²) < 4.78 is 0. The maximum absolute atomic E-state index is 2.63. The van der Waals surface area contributed by atoms with Gasteiger partial charge in [0.05, 0.1) is 0 Å². The molecule has 3 fully saturated rings. The first kappa shape index (κ1) is 15.6. The molecule has 0 atom stereocenters. The van der Waals surface area contributed by atoms with E-state index in [0.717, 1.165) is 0 Å². The van der Waals surface area contributed by atoms with Gasteiger partial charge in [0, 0.05) is 22.9 Å². The van der Waals surface area contributed by atoms with Crippen molar-refractivity contribution in [2.75, 3.05) is 13.6 Å². The predicted molar refractivity (Wildman–Crippen MR) is 105 cm³/mol. The summed E-state index contributed by atoms with van der Waals surface area (Å²) in [5, 5.41) is 0. The predicted octanol–water partition coefficient (Wildman–Crippen LogP) is 5.51. The van der Waals surface area contributed by atoms with E-state index in [-0.39, 0.29) is 5.41 Å². The summed E-state index contributed by atoms with van der Waals surface area (Å²) in [6.45, 7) is 8.46. The van der Waals surface area contributed by atoms with Crippen LogP contribution in [-0.4, -0.2) is 24.0 Å². The highest BCUT2D eigenvalue weighted by atomic mass is 15.2. The molecule has 0 spiro atoms. The summed E-state index contributed by atoms with van der Waals surface area (Å²) in [6, 6.07) is 16.4. The third-order valence-corrected chi connectivity index (χ3v) is 7.94. The van der Waals surface area contributed by atoms with E-state index in [1.807, 2.05) is 0 Å². The number of fused-ring (bicyclic) bond motifs is 6. The Morgan fingerprint density at radius 3 is 2.20 bits per heavy atom. The normalized spacial score (nSPS) is 32.5. The maximum Gasteiger partial charge on any atom is 0.0179 e. The quantitative estimate of drug-likeness (QED) is 0.666. The number of benzene rings is 2. The van der Waals surface area contributed by atoms with Crippen LogP contribution in [0.5, 0.6) is 0 Å². The molecule has 0 amide bonds. The monoisotopic (exact) mass is 331 g/mol. The van der Waals surface area contributed by atoms with E-state index in [1.54, 1.807) is 5.56 Å². The Labute approximate surface area is 152 Å². The molecular weight excluding hydrogens is 302 g/mol. The standard InChI is InChI=1S/C24H29N/c1-22(2)20-8-6-5-7-18(20)19-10-9-17(15-21(19)22)24-13-11-23(3,12-14-24)25(4)16-24/h5-10,15H,11-14,16H2,1-4H3. The molecule has 1 heteroatoms. The van der Waals surface area contributed by atoms with Crippen molar-refractivity contribution in [2.24, 2.45) is 0 Å². The van der Waals surface area contributed by atoms with Crippen molar-refractivity contribution < 1.29 is 0 Å². The van der Waals surface area contributed by atoms with E-state index < -0.39 is 0 Å². The molecule has 2 saturated heterocycles. The number of hydrogen-bond acceptors (Lipinski definition) is 1. The zero-order valence-electron chi connectivity index (χ0n) is 16.0. The van der Waals surface area contributed by atoms with E-state index in [2.05, 4.69) is 75.2 Å². The van der Waals surface area contributed by atoms with Crippen LogP contribution in [0.15, 0.2) is 42.5 Å². The Morgan fingerprint density at radius 2 is 1.48 bits per heavy atom. The molecule has 0 radical (unpaired) electrons. The van der Waals surface area contributed by atoms with Crippen LogP contribution in [0.1, 0.15) is 63.1 Å². The number of piperidine rings is 2. The van der Waals surface area contributed by atoms with Gasteiger partial charge in [0.2, 0.25) is 0 Å². The molecule has 4 aliphatic rings. The second-order valence-corrected chi connectivity index (χ2v) is 9.56. The van der Waals surface area contributed by atoms with Crippen LogP contribution in [0.2, 0.25) is 0 Å². The first-order valence-electron chi connectivity index (χ1n) is 9.82. The Morgan fingerprint density at radius 1 is 0.800 bits per heavy atom. The second-order valence-electron chi connectivity index (χ2n) is 9.56. The van der Waals surface area contributed by atoms with Gasteiger partial charge in [-0.25, -0.2) is 0 Å². The first-order valence-corrected chi connectivity index (χ1v) is 9.82. The lowest BCUT2D eigenvalue weighted by molar-refractivity contribution is -0.0222. The first-order chi connectivity index (χ1) is 11.9. The Bertz CT molecular complexity index is 852. The van der Waals surface area contributed by atoms with Crippen LogP contribution in [0.4, 0.5) is 0 Å². The van der Waals surface area contributed by atoms with E-state index in [0.29, 0.717) is 11.0 Å². The summed E-state index contributed by atoms with van der Waals surface area (Å²) in [7, 11) is 2.33.